The maximum Gasteiger partial charge on any atom is 0.308 e. The van der Waals surface area contributed by atoms with Gasteiger partial charge in [0, 0.05) is 16.3 Å². The minimum Gasteiger partial charge on any atom is -0.481 e. The average molecular weight is 319 g/mol. The van der Waals surface area contributed by atoms with E-state index in [1.807, 2.05) is 0 Å². The average Bonchev–Trinajstić information content (AvgIpc) is 2.77. The number of nitrogens with one attached hydrogen (secondary N) is 1. The van der Waals surface area contributed by atoms with Crippen LogP contribution >= 0.6 is 11.3 Å². The van der Waals surface area contributed by atoms with Gasteiger partial charge in [-0.05, 0) is 18.6 Å². The quantitative estimate of drug-likeness (QED) is 0.745. The van der Waals surface area contributed by atoms with Gasteiger partial charge < -0.3 is 10.2 Å². The molecular weight excluding hydrogens is 302 g/mol. The number of aliphatic hydroxyl groups excluding tert-OH is 1. The van der Waals surface area contributed by atoms with Crippen LogP contribution in [-0.2, 0) is 21.2 Å². The van der Waals surface area contributed by atoms with Crippen LogP contribution in [0.1, 0.15) is 25.1 Å². The van der Waals surface area contributed by atoms with Crippen molar-refractivity contribution in [3.8, 4) is 0 Å². The Morgan fingerprint density at radius 1 is 1.50 bits per heavy atom. The zero-order valence-electron chi connectivity index (χ0n) is 11.2. The van der Waals surface area contributed by atoms with E-state index < -0.39 is 27.5 Å². The number of carboxylic acids is 1. The van der Waals surface area contributed by atoms with Gasteiger partial charge in [-0.1, -0.05) is 13.8 Å². The van der Waals surface area contributed by atoms with Crippen molar-refractivity contribution in [2.45, 2.75) is 43.0 Å². The van der Waals surface area contributed by atoms with E-state index in [2.05, 4.69) is 4.72 Å². The molecule has 1 aromatic rings. The van der Waals surface area contributed by atoms with E-state index in [0.717, 1.165) is 11.3 Å². The highest BCUT2D eigenvalue weighted by atomic mass is 32.2. The maximum absolute atomic E-state index is 12.2. The van der Waals surface area contributed by atoms with Gasteiger partial charge in [-0.25, -0.2) is 13.1 Å². The number of hydrogen-bond donors (Lipinski definition) is 3. The van der Waals surface area contributed by atoms with Crippen LogP contribution in [0.25, 0.3) is 0 Å². The van der Waals surface area contributed by atoms with Crippen LogP contribution in [0.15, 0.2) is 16.3 Å². The minimum absolute atomic E-state index is 0.103. The van der Waals surface area contributed by atoms with Crippen LogP contribution in [0, 0.1) is 5.41 Å². The summed E-state index contributed by atoms with van der Waals surface area (Å²) in [5, 5.41) is 18.3. The Morgan fingerprint density at radius 3 is 2.65 bits per heavy atom. The number of hydrogen-bond acceptors (Lipinski definition) is 5. The SMILES string of the molecule is CC1(C)C(O)CC1NS(=O)(=O)c1ccc(CC(=O)O)s1. The summed E-state index contributed by atoms with van der Waals surface area (Å²) in [6.07, 6.45) is -0.311. The van der Waals surface area contributed by atoms with Crippen molar-refractivity contribution in [2.24, 2.45) is 5.41 Å². The summed E-state index contributed by atoms with van der Waals surface area (Å²) >= 11 is 0.952. The Bertz CT molecular complexity index is 620. The number of carboxylic acid groups (broad SMARTS) is 1. The van der Waals surface area contributed by atoms with E-state index in [0.29, 0.717) is 11.3 Å². The predicted molar refractivity (Wildman–Crippen MR) is 74.2 cm³/mol. The molecule has 1 fully saturated rings. The first-order valence-corrected chi connectivity index (χ1v) is 8.44. The molecule has 1 heterocycles. The molecule has 20 heavy (non-hydrogen) atoms. The van der Waals surface area contributed by atoms with Gasteiger partial charge in [0.2, 0.25) is 10.0 Å². The zero-order chi connectivity index (χ0) is 15.1. The van der Waals surface area contributed by atoms with E-state index in [4.69, 9.17) is 5.11 Å². The molecule has 1 aromatic heterocycles. The number of aliphatic hydroxyl groups is 1. The Kier molecular flexibility index (Phi) is 3.94. The van der Waals surface area contributed by atoms with E-state index in [1.54, 1.807) is 13.8 Å². The van der Waals surface area contributed by atoms with Crippen LogP contribution in [-0.4, -0.2) is 36.7 Å². The lowest BCUT2D eigenvalue weighted by Gasteiger charge is -2.49. The number of thiophene rings is 1. The molecule has 8 heteroatoms. The van der Waals surface area contributed by atoms with Crippen molar-refractivity contribution in [1.82, 2.24) is 4.72 Å². The van der Waals surface area contributed by atoms with Crippen LogP contribution < -0.4 is 4.72 Å². The van der Waals surface area contributed by atoms with E-state index in [1.165, 1.54) is 12.1 Å². The lowest BCUT2D eigenvalue weighted by Crippen LogP contribution is -2.60. The van der Waals surface area contributed by atoms with Crippen LogP contribution in [0.5, 0.6) is 0 Å². The van der Waals surface area contributed by atoms with Crippen molar-refractivity contribution in [2.75, 3.05) is 0 Å². The molecule has 0 radical (unpaired) electrons. The van der Waals surface area contributed by atoms with Gasteiger partial charge >= 0.3 is 5.97 Å². The molecule has 1 aliphatic carbocycles. The summed E-state index contributed by atoms with van der Waals surface area (Å²) in [5.41, 5.74) is -0.492. The molecule has 0 aliphatic heterocycles. The van der Waals surface area contributed by atoms with Gasteiger partial charge in [-0.2, -0.15) is 0 Å². The van der Waals surface area contributed by atoms with Crippen molar-refractivity contribution < 1.29 is 23.4 Å². The third kappa shape index (κ3) is 2.88. The summed E-state index contributed by atoms with van der Waals surface area (Å²) in [5.74, 6) is -0.994. The molecule has 1 aliphatic rings. The highest BCUT2D eigenvalue weighted by Gasteiger charge is 2.49. The summed E-state index contributed by atoms with van der Waals surface area (Å²) in [4.78, 5) is 11.1. The second kappa shape index (κ2) is 5.10. The Labute approximate surface area is 121 Å². The molecule has 1 saturated carbocycles. The third-order valence-electron chi connectivity index (χ3n) is 3.74. The summed E-state index contributed by atoms with van der Waals surface area (Å²) in [7, 11) is -3.67. The van der Waals surface area contributed by atoms with Crippen molar-refractivity contribution in [3.05, 3.63) is 17.0 Å². The fraction of sp³-hybridized carbons (Fsp3) is 0.583. The standard InChI is InChI=1S/C12H17NO5S2/c1-12(2)8(6-9(12)14)13-20(17,18)11-4-3-7(19-11)5-10(15)16/h3-4,8-9,13-14H,5-6H2,1-2H3,(H,15,16). The van der Waals surface area contributed by atoms with E-state index in [9.17, 15) is 18.3 Å². The molecule has 0 spiro atoms. The summed E-state index contributed by atoms with van der Waals surface area (Å²) in [6, 6.07) is 2.61. The molecular formula is C12H17NO5S2. The van der Waals surface area contributed by atoms with Crippen molar-refractivity contribution >= 4 is 27.3 Å². The molecule has 0 amide bonds. The molecule has 2 rings (SSSR count). The normalized spacial score (nSPS) is 25.1. The molecule has 6 nitrogen and oxygen atoms in total. The molecule has 0 saturated heterocycles. The smallest absolute Gasteiger partial charge is 0.308 e. The van der Waals surface area contributed by atoms with Crippen molar-refractivity contribution in [1.29, 1.82) is 0 Å². The number of sulfonamides is 1. The van der Waals surface area contributed by atoms with Crippen molar-refractivity contribution in [3.63, 3.8) is 0 Å². The van der Waals surface area contributed by atoms with Crippen LogP contribution in [0.4, 0.5) is 0 Å². The van der Waals surface area contributed by atoms with E-state index in [-0.39, 0.29) is 16.7 Å². The topological polar surface area (TPSA) is 104 Å². The monoisotopic (exact) mass is 319 g/mol. The highest BCUT2D eigenvalue weighted by molar-refractivity contribution is 7.91. The van der Waals surface area contributed by atoms with E-state index >= 15 is 0 Å². The predicted octanol–water partition coefficient (Wildman–Crippen LogP) is 0.813. The molecule has 0 bridgehead atoms. The first-order chi connectivity index (χ1) is 9.13. The second-order valence-corrected chi connectivity index (χ2v) is 8.65. The second-order valence-electron chi connectivity index (χ2n) is 5.54. The first-order valence-electron chi connectivity index (χ1n) is 6.14. The molecule has 112 valence electrons. The zero-order valence-corrected chi connectivity index (χ0v) is 12.8. The summed E-state index contributed by atoms with van der Waals surface area (Å²) in [6.45, 7) is 3.61. The largest absolute Gasteiger partial charge is 0.481 e. The molecule has 0 aromatic carbocycles. The van der Waals surface area contributed by atoms with Crippen LogP contribution in [0.2, 0.25) is 0 Å². The Morgan fingerprint density at radius 2 is 2.15 bits per heavy atom. The Balaban J connectivity index is 2.11. The van der Waals surface area contributed by atoms with Gasteiger partial charge in [0.15, 0.2) is 0 Å². The molecule has 3 N–H and O–H groups in total. The fourth-order valence-electron chi connectivity index (χ4n) is 2.09. The van der Waals surface area contributed by atoms with Gasteiger partial charge in [0.25, 0.3) is 0 Å². The fourth-order valence-corrected chi connectivity index (χ4v) is 4.86. The number of rotatable bonds is 5. The van der Waals surface area contributed by atoms with Gasteiger partial charge in [-0.15, -0.1) is 11.3 Å². The lowest BCUT2D eigenvalue weighted by molar-refractivity contribution is -0.136. The number of aliphatic carboxylic acids is 1. The van der Waals surface area contributed by atoms with Crippen LogP contribution in [0.3, 0.4) is 0 Å². The van der Waals surface area contributed by atoms with Gasteiger partial charge in [-0.3, -0.25) is 4.79 Å². The van der Waals surface area contributed by atoms with Gasteiger partial charge in [0.05, 0.1) is 12.5 Å². The molecule has 2 unspecified atom stereocenters. The third-order valence-corrected chi connectivity index (χ3v) is 6.79. The minimum atomic E-state index is -3.67. The lowest BCUT2D eigenvalue weighted by atomic mass is 9.65. The molecule has 2 atom stereocenters. The number of carbonyl (C=O) groups is 1. The maximum atomic E-state index is 12.2. The Hall–Kier alpha value is -0.960. The first kappa shape index (κ1) is 15.4. The van der Waals surface area contributed by atoms with Gasteiger partial charge in [0.1, 0.15) is 4.21 Å². The summed E-state index contributed by atoms with van der Waals surface area (Å²) < 4.78 is 27.1. The highest BCUT2D eigenvalue weighted by Crippen LogP contribution is 2.41.